The molecule has 0 radical (unpaired) electrons. The van der Waals surface area contributed by atoms with Gasteiger partial charge in [0.05, 0.1) is 5.69 Å². The first kappa shape index (κ1) is 12.6. The molecule has 0 saturated carbocycles. The number of nitrogens with two attached hydrogens (primary N) is 1. The van der Waals surface area contributed by atoms with Crippen LogP contribution in [0.1, 0.15) is 43.7 Å². The zero-order valence-corrected chi connectivity index (χ0v) is 10.7. The van der Waals surface area contributed by atoms with Crippen LogP contribution in [0.5, 0.6) is 0 Å². The van der Waals surface area contributed by atoms with Crippen LogP contribution in [0, 0.1) is 0 Å². The average molecular weight is 237 g/mol. The normalized spacial score (nSPS) is 19.4. The zero-order valence-electron chi connectivity index (χ0n) is 10.7. The van der Waals surface area contributed by atoms with Crippen LogP contribution in [-0.4, -0.2) is 36.1 Å². The highest BCUT2D eigenvalue weighted by atomic mass is 16.3. The fourth-order valence-corrected chi connectivity index (χ4v) is 2.22. The van der Waals surface area contributed by atoms with Gasteiger partial charge in [-0.15, -0.1) is 0 Å². The predicted octanol–water partition coefficient (Wildman–Crippen LogP) is 1.77. The number of aromatic nitrogens is 1. The summed E-state index contributed by atoms with van der Waals surface area (Å²) in [5, 5.41) is 0. The van der Waals surface area contributed by atoms with Gasteiger partial charge in [0.15, 0.2) is 5.89 Å². The summed E-state index contributed by atoms with van der Waals surface area (Å²) in [6, 6.07) is 0. The van der Waals surface area contributed by atoms with Crippen LogP contribution in [0.3, 0.4) is 0 Å². The molecule has 1 aromatic rings. The molecule has 0 bridgehead atoms. The van der Waals surface area contributed by atoms with Crippen LogP contribution in [-0.2, 0) is 6.42 Å². The molecule has 1 atom stereocenters. The van der Waals surface area contributed by atoms with Crippen molar-refractivity contribution in [2.45, 2.75) is 38.5 Å². The maximum atomic E-state index is 5.61. The molecular weight excluding hydrogens is 214 g/mol. The molecule has 96 valence electrons. The molecular formula is C13H23N3O. The van der Waals surface area contributed by atoms with Gasteiger partial charge in [-0.3, -0.25) is 0 Å². The summed E-state index contributed by atoms with van der Waals surface area (Å²) in [6.45, 7) is 6.22. The van der Waals surface area contributed by atoms with Crippen molar-refractivity contribution in [2.24, 2.45) is 5.73 Å². The Labute approximate surface area is 103 Å². The van der Waals surface area contributed by atoms with Gasteiger partial charge >= 0.3 is 0 Å². The Morgan fingerprint density at radius 3 is 2.88 bits per heavy atom. The Morgan fingerprint density at radius 1 is 1.41 bits per heavy atom. The molecule has 1 unspecified atom stereocenters. The van der Waals surface area contributed by atoms with Gasteiger partial charge in [-0.1, -0.05) is 13.3 Å². The zero-order chi connectivity index (χ0) is 12.1. The quantitative estimate of drug-likeness (QED) is 0.848. The maximum absolute atomic E-state index is 5.61. The van der Waals surface area contributed by atoms with Crippen LogP contribution in [0.25, 0.3) is 0 Å². The van der Waals surface area contributed by atoms with Gasteiger partial charge in [0.2, 0.25) is 0 Å². The summed E-state index contributed by atoms with van der Waals surface area (Å²) >= 11 is 0. The number of piperidine rings is 1. The van der Waals surface area contributed by atoms with E-state index in [1.54, 1.807) is 6.26 Å². The number of hydrogen-bond donors (Lipinski definition) is 1. The van der Waals surface area contributed by atoms with E-state index >= 15 is 0 Å². The van der Waals surface area contributed by atoms with Crippen molar-refractivity contribution in [3.05, 3.63) is 17.8 Å². The molecule has 4 heteroatoms. The van der Waals surface area contributed by atoms with Crippen molar-refractivity contribution in [3.63, 3.8) is 0 Å². The van der Waals surface area contributed by atoms with Crippen molar-refractivity contribution in [3.8, 4) is 0 Å². The number of oxazole rings is 1. The molecule has 2 heterocycles. The van der Waals surface area contributed by atoms with Gasteiger partial charge in [0, 0.05) is 25.4 Å². The number of rotatable bonds is 5. The lowest BCUT2D eigenvalue weighted by molar-refractivity contribution is 0.226. The Bertz CT molecular complexity index is 331. The topological polar surface area (TPSA) is 55.3 Å². The largest absolute Gasteiger partial charge is 0.449 e. The minimum absolute atomic E-state index is 0.294. The second kappa shape index (κ2) is 6.17. The van der Waals surface area contributed by atoms with E-state index in [1.165, 1.54) is 32.4 Å². The minimum Gasteiger partial charge on any atom is -0.449 e. The fraction of sp³-hybridized carbons (Fsp3) is 0.769. The van der Waals surface area contributed by atoms with Crippen LogP contribution < -0.4 is 5.73 Å². The van der Waals surface area contributed by atoms with Crippen LogP contribution in [0.15, 0.2) is 10.7 Å². The third-order valence-corrected chi connectivity index (χ3v) is 3.52. The van der Waals surface area contributed by atoms with Crippen molar-refractivity contribution in [1.29, 1.82) is 0 Å². The molecule has 1 aliphatic rings. The minimum atomic E-state index is 0.294. The summed E-state index contributed by atoms with van der Waals surface area (Å²) < 4.78 is 5.49. The third kappa shape index (κ3) is 3.54. The second-order valence-electron chi connectivity index (χ2n) is 4.96. The Morgan fingerprint density at radius 2 is 2.18 bits per heavy atom. The van der Waals surface area contributed by atoms with E-state index in [0.717, 1.165) is 24.6 Å². The summed E-state index contributed by atoms with van der Waals surface area (Å²) in [7, 11) is 0. The molecule has 2 N–H and O–H groups in total. The van der Waals surface area contributed by atoms with Gasteiger partial charge in [-0.05, 0) is 25.9 Å². The third-order valence-electron chi connectivity index (χ3n) is 3.52. The Kier molecular flexibility index (Phi) is 4.57. The standard InChI is InChI=1S/C13H23N3O/c1-11(9-14)12-10-17-13(15-12)5-8-16-6-3-2-4-7-16/h10-11H,2-9,14H2,1H3. The predicted molar refractivity (Wildman–Crippen MR) is 68.0 cm³/mol. The average Bonchev–Trinajstić information content (AvgIpc) is 2.85. The molecule has 1 saturated heterocycles. The lowest BCUT2D eigenvalue weighted by Gasteiger charge is -2.25. The highest BCUT2D eigenvalue weighted by Crippen LogP contribution is 2.14. The molecule has 2 rings (SSSR count). The lowest BCUT2D eigenvalue weighted by atomic mass is 10.1. The van der Waals surface area contributed by atoms with Crippen molar-refractivity contribution in [2.75, 3.05) is 26.2 Å². The maximum Gasteiger partial charge on any atom is 0.195 e. The van der Waals surface area contributed by atoms with Gasteiger partial charge in [0.1, 0.15) is 6.26 Å². The second-order valence-corrected chi connectivity index (χ2v) is 4.96. The number of nitrogens with zero attached hydrogens (tertiary/aromatic N) is 2. The summed E-state index contributed by atoms with van der Waals surface area (Å²) in [5.74, 6) is 1.15. The fourth-order valence-electron chi connectivity index (χ4n) is 2.22. The first-order chi connectivity index (χ1) is 8.29. The van der Waals surface area contributed by atoms with Gasteiger partial charge in [-0.25, -0.2) is 4.98 Å². The van der Waals surface area contributed by atoms with E-state index in [-0.39, 0.29) is 0 Å². The molecule has 1 aromatic heterocycles. The molecule has 0 aromatic carbocycles. The smallest absolute Gasteiger partial charge is 0.195 e. The summed E-state index contributed by atoms with van der Waals surface area (Å²) in [5.41, 5.74) is 6.60. The van der Waals surface area contributed by atoms with E-state index in [4.69, 9.17) is 10.2 Å². The molecule has 17 heavy (non-hydrogen) atoms. The van der Waals surface area contributed by atoms with Crippen molar-refractivity contribution >= 4 is 0 Å². The van der Waals surface area contributed by atoms with Gasteiger partial charge < -0.3 is 15.1 Å². The summed E-state index contributed by atoms with van der Waals surface area (Å²) in [4.78, 5) is 6.99. The Hall–Kier alpha value is -0.870. The van der Waals surface area contributed by atoms with Gasteiger partial charge in [-0.2, -0.15) is 0 Å². The highest BCUT2D eigenvalue weighted by molar-refractivity contribution is 5.03. The van der Waals surface area contributed by atoms with E-state index in [9.17, 15) is 0 Å². The van der Waals surface area contributed by atoms with Crippen LogP contribution in [0.4, 0.5) is 0 Å². The van der Waals surface area contributed by atoms with Crippen molar-refractivity contribution in [1.82, 2.24) is 9.88 Å². The Balaban J connectivity index is 1.80. The molecule has 4 nitrogen and oxygen atoms in total. The molecule has 1 fully saturated rings. The van der Waals surface area contributed by atoms with Crippen LogP contribution >= 0.6 is 0 Å². The van der Waals surface area contributed by atoms with Crippen molar-refractivity contribution < 1.29 is 4.42 Å². The van der Waals surface area contributed by atoms with Gasteiger partial charge in [0.25, 0.3) is 0 Å². The molecule has 0 amide bonds. The monoisotopic (exact) mass is 237 g/mol. The summed E-state index contributed by atoms with van der Waals surface area (Å²) in [6.07, 6.45) is 6.72. The number of likely N-dealkylation sites (tertiary alicyclic amines) is 1. The molecule has 1 aliphatic heterocycles. The SMILES string of the molecule is CC(CN)c1coc(CCN2CCCCC2)n1. The van der Waals surface area contributed by atoms with E-state index < -0.39 is 0 Å². The molecule has 0 spiro atoms. The lowest BCUT2D eigenvalue weighted by Crippen LogP contribution is -2.31. The first-order valence-electron chi connectivity index (χ1n) is 6.66. The van der Waals surface area contributed by atoms with Crippen LogP contribution in [0.2, 0.25) is 0 Å². The molecule has 0 aliphatic carbocycles. The highest BCUT2D eigenvalue weighted by Gasteiger charge is 2.13. The van der Waals surface area contributed by atoms with E-state index in [1.807, 2.05) is 0 Å². The van der Waals surface area contributed by atoms with E-state index in [2.05, 4.69) is 16.8 Å². The first-order valence-corrected chi connectivity index (χ1v) is 6.66. The van der Waals surface area contributed by atoms with E-state index in [0.29, 0.717) is 12.5 Å². The number of hydrogen-bond acceptors (Lipinski definition) is 4.